The van der Waals surface area contributed by atoms with Crippen molar-refractivity contribution in [3.8, 4) is 0 Å². The van der Waals surface area contributed by atoms with E-state index in [1.54, 1.807) is 0 Å². The summed E-state index contributed by atoms with van der Waals surface area (Å²) in [5, 5.41) is 0. The Balaban J connectivity index is 2.23. The zero-order valence-electron chi connectivity index (χ0n) is 10.5. The molecule has 0 amide bonds. The molecule has 0 saturated carbocycles. The molecule has 0 unspecified atom stereocenters. The lowest BCUT2D eigenvalue weighted by Gasteiger charge is -2.30. The zero-order valence-corrected chi connectivity index (χ0v) is 10.5. The lowest BCUT2D eigenvalue weighted by molar-refractivity contribution is -0.149. The van der Waals surface area contributed by atoms with Crippen LogP contribution in [0.5, 0.6) is 0 Å². The summed E-state index contributed by atoms with van der Waals surface area (Å²) in [5.41, 5.74) is 1.23. The Labute approximate surface area is 98.5 Å². The average molecular weight is 225 g/mol. The molecule has 92 valence electrons. The fourth-order valence-corrected chi connectivity index (χ4v) is 2.00. The average Bonchev–Trinajstić information content (AvgIpc) is 2.27. The fourth-order valence-electron chi connectivity index (χ4n) is 2.00. The minimum atomic E-state index is -0.0120. The maximum atomic E-state index is 11.5. The van der Waals surface area contributed by atoms with Crippen molar-refractivity contribution in [2.75, 3.05) is 26.2 Å². The number of esters is 1. The first-order valence-electron chi connectivity index (χ1n) is 6.16. The molecule has 1 fully saturated rings. The number of rotatable bonds is 5. The Morgan fingerprint density at radius 1 is 1.44 bits per heavy atom. The van der Waals surface area contributed by atoms with Gasteiger partial charge in [-0.05, 0) is 46.2 Å². The molecule has 1 rings (SSSR count). The predicted octanol–water partition coefficient (Wildman–Crippen LogP) is 2.23. The van der Waals surface area contributed by atoms with Crippen LogP contribution in [0.1, 0.15) is 33.1 Å². The van der Waals surface area contributed by atoms with Crippen LogP contribution < -0.4 is 0 Å². The Kier molecular flexibility index (Phi) is 5.53. The van der Waals surface area contributed by atoms with E-state index in [1.165, 1.54) is 5.57 Å². The van der Waals surface area contributed by atoms with Crippen LogP contribution in [0, 0.1) is 5.92 Å². The van der Waals surface area contributed by atoms with Crippen molar-refractivity contribution in [3.63, 3.8) is 0 Å². The largest absolute Gasteiger partial charge is 0.466 e. The van der Waals surface area contributed by atoms with Crippen LogP contribution in [0.15, 0.2) is 12.2 Å². The summed E-state index contributed by atoms with van der Waals surface area (Å²) in [6.45, 7) is 11.4. The van der Waals surface area contributed by atoms with Gasteiger partial charge < -0.3 is 9.64 Å². The van der Waals surface area contributed by atoms with E-state index < -0.39 is 0 Å². The van der Waals surface area contributed by atoms with Crippen molar-refractivity contribution in [1.82, 2.24) is 4.90 Å². The van der Waals surface area contributed by atoms with Gasteiger partial charge in [-0.3, -0.25) is 4.79 Å². The lowest BCUT2D eigenvalue weighted by atomic mass is 9.97. The van der Waals surface area contributed by atoms with Crippen LogP contribution in [0.25, 0.3) is 0 Å². The van der Waals surface area contributed by atoms with Gasteiger partial charge in [-0.25, -0.2) is 0 Å². The summed E-state index contributed by atoms with van der Waals surface area (Å²) < 4.78 is 5.04. The minimum Gasteiger partial charge on any atom is -0.466 e. The molecule has 3 heteroatoms. The van der Waals surface area contributed by atoms with Crippen LogP contribution in [-0.4, -0.2) is 37.1 Å². The molecule has 0 aromatic rings. The molecule has 16 heavy (non-hydrogen) atoms. The third-order valence-electron chi connectivity index (χ3n) is 3.06. The molecule has 0 aromatic heterocycles. The van der Waals surface area contributed by atoms with Crippen LogP contribution in [0.3, 0.4) is 0 Å². The quantitative estimate of drug-likeness (QED) is 0.531. The van der Waals surface area contributed by atoms with Gasteiger partial charge in [0.2, 0.25) is 0 Å². The monoisotopic (exact) mass is 225 g/mol. The molecular formula is C13H23NO2. The van der Waals surface area contributed by atoms with E-state index >= 15 is 0 Å². The van der Waals surface area contributed by atoms with Crippen LogP contribution in [-0.2, 0) is 9.53 Å². The standard InChI is InChI=1S/C13H23NO2/c1-4-16-13(15)12-6-9-14(10-7-12)8-5-11(2)3/h12H,2,4-10H2,1,3H3. The molecule has 0 aromatic carbocycles. The molecule has 0 spiro atoms. The van der Waals surface area contributed by atoms with Gasteiger partial charge in [0.25, 0.3) is 0 Å². The Hall–Kier alpha value is -0.830. The fraction of sp³-hybridized carbons (Fsp3) is 0.769. The third kappa shape index (κ3) is 4.35. The van der Waals surface area contributed by atoms with Crippen LogP contribution >= 0.6 is 0 Å². The molecule has 0 atom stereocenters. The Morgan fingerprint density at radius 3 is 2.56 bits per heavy atom. The molecule has 0 bridgehead atoms. The second-order valence-electron chi connectivity index (χ2n) is 4.58. The topological polar surface area (TPSA) is 29.5 Å². The third-order valence-corrected chi connectivity index (χ3v) is 3.06. The number of piperidine rings is 1. The van der Waals surface area contributed by atoms with Gasteiger partial charge in [0, 0.05) is 6.54 Å². The summed E-state index contributed by atoms with van der Waals surface area (Å²) in [6, 6.07) is 0. The smallest absolute Gasteiger partial charge is 0.309 e. The van der Waals surface area contributed by atoms with Gasteiger partial charge in [0.15, 0.2) is 0 Å². The summed E-state index contributed by atoms with van der Waals surface area (Å²) in [6.07, 6.45) is 2.94. The molecule has 0 N–H and O–H groups in total. The van der Waals surface area contributed by atoms with Crippen molar-refractivity contribution in [2.45, 2.75) is 33.1 Å². The second kappa shape index (κ2) is 6.69. The number of likely N-dealkylation sites (tertiary alicyclic amines) is 1. The van der Waals surface area contributed by atoms with E-state index in [9.17, 15) is 4.79 Å². The van der Waals surface area contributed by atoms with Gasteiger partial charge in [-0.1, -0.05) is 5.57 Å². The Bertz CT molecular complexity index is 242. The number of carbonyl (C=O) groups is 1. The first kappa shape index (κ1) is 13.2. The van der Waals surface area contributed by atoms with Crippen LogP contribution in [0.4, 0.5) is 0 Å². The van der Waals surface area contributed by atoms with Gasteiger partial charge in [-0.2, -0.15) is 0 Å². The van der Waals surface area contributed by atoms with E-state index in [0.717, 1.165) is 38.9 Å². The van der Waals surface area contributed by atoms with E-state index in [0.29, 0.717) is 6.61 Å². The molecule has 1 saturated heterocycles. The Morgan fingerprint density at radius 2 is 2.06 bits per heavy atom. The van der Waals surface area contributed by atoms with Gasteiger partial charge in [-0.15, -0.1) is 6.58 Å². The van der Waals surface area contributed by atoms with E-state index in [4.69, 9.17) is 4.74 Å². The highest BCUT2D eigenvalue weighted by molar-refractivity contribution is 5.72. The maximum absolute atomic E-state index is 11.5. The highest BCUT2D eigenvalue weighted by atomic mass is 16.5. The van der Waals surface area contributed by atoms with E-state index in [1.807, 2.05) is 6.92 Å². The van der Waals surface area contributed by atoms with Crippen molar-refractivity contribution in [3.05, 3.63) is 12.2 Å². The summed E-state index contributed by atoms with van der Waals surface area (Å²) in [5.74, 6) is 0.114. The van der Waals surface area contributed by atoms with Gasteiger partial charge in [0.1, 0.15) is 0 Å². The first-order chi connectivity index (χ1) is 7.63. The zero-order chi connectivity index (χ0) is 12.0. The normalized spacial score (nSPS) is 18.4. The molecule has 3 nitrogen and oxygen atoms in total. The number of hydrogen-bond acceptors (Lipinski definition) is 3. The minimum absolute atomic E-state index is 0.0120. The van der Waals surface area contributed by atoms with Gasteiger partial charge >= 0.3 is 5.97 Å². The summed E-state index contributed by atoms with van der Waals surface area (Å²) in [4.78, 5) is 13.9. The van der Waals surface area contributed by atoms with Gasteiger partial charge in [0.05, 0.1) is 12.5 Å². The first-order valence-corrected chi connectivity index (χ1v) is 6.16. The lowest BCUT2D eigenvalue weighted by Crippen LogP contribution is -2.37. The SMILES string of the molecule is C=C(C)CCN1CCC(C(=O)OCC)CC1. The van der Waals surface area contributed by atoms with Crippen molar-refractivity contribution in [2.24, 2.45) is 5.92 Å². The van der Waals surface area contributed by atoms with E-state index in [2.05, 4.69) is 18.4 Å². The molecule has 0 radical (unpaired) electrons. The number of carbonyl (C=O) groups excluding carboxylic acids is 1. The highest BCUT2D eigenvalue weighted by Crippen LogP contribution is 2.19. The summed E-state index contributed by atoms with van der Waals surface area (Å²) >= 11 is 0. The van der Waals surface area contributed by atoms with Crippen molar-refractivity contribution in [1.29, 1.82) is 0 Å². The number of nitrogens with zero attached hydrogens (tertiary/aromatic N) is 1. The number of hydrogen-bond donors (Lipinski definition) is 0. The van der Waals surface area contributed by atoms with Crippen molar-refractivity contribution >= 4 is 5.97 Å². The highest BCUT2D eigenvalue weighted by Gasteiger charge is 2.25. The maximum Gasteiger partial charge on any atom is 0.309 e. The summed E-state index contributed by atoms with van der Waals surface area (Å²) in [7, 11) is 0. The van der Waals surface area contributed by atoms with Crippen LogP contribution in [0.2, 0.25) is 0 Å². The second-order valence-corrected chi connectivity index (χ2v) is 4.58. The molecular weight excluding hydrogens is 202 g/mol. The molecule has 1 heterocycles. The molecule has 1 aliphatic heterocycles. The van der Waals surface area contributed by atoms with E-state index in [-0.39, 0.29) is 11.9 Å². The van der Waals surface area contributed by atoms with Crippen molar-refractivity contribution < 1.29 is 9.53 Å². The number of ether oxygens (including phenoxy) is 1. The predicted molar refractivity (Wildman–Crippen MR) is 65.2 cm³/mol. The molecule has 1 aliphatic rings. The molecule has 0 aliphatic carbocycles.